The van der Waals surface area contributed by atoms with Crippen molar-refractivity contribution >= 4 is 56.3 Å². The second kappa shape index (κ2) is 15.1. The Morgan fingerprint density at radius 3 is 1.32 bits per heavy atom. The van der Waals surface area contributed by atoms with Crippen LogP contribution in [0.3, 0.4) is 0 Å². The van der Waals surface area contributed by atoms with Gasteiger partial charge in [0.1, 0.15) is 0 Å². The quantitative estimate of drug-likeness (QED) is 0.141. The fraction of sp³-hybridized carbons (Fsp3) is 0.209. The SMILES string of the molecule is CC.CC.CC.Cc1ccc2c(-c3cccc4ccccc34)c3cc(P(C)C)ccc3c(-c3cccc4ccccc34)c2c1. The van der Waals surface area contributed by atoms with Crippen molar-refractivity contribution in [3.05, 3.63) is 127 Å². The van der Waals surface area contributed by atoms with Gasteiger partial charge in [-0.25, -0.2) is 0 Å². The fourth-order valence-corrected chi connectivity index (χ4v) is 6.84. The molecule has 0 N–H and O–H groups in total. The first-order chi connectivity index (χ1) is 21.6. The molecule has 0 radical (unpaired) electrons. The summed E-state index contributed by atoms with van der Waals surface area (Å²) in [6, 6.07) is 45.3. The van der Waals surface area contributed by atoms with Gasteiger partial charge < -0.3 is 0 Å². The van der Waals surface area contributed by atoms with E-state index in [2.05, 4.69) is 142 Å². The molecule has 44 heavy (non-hydrogen) atoms. The molecule has 0 bridgehead atoms. The Morgan fingerprint density at radius 1 is 0.386 bits per heavy atom. The van der Waals surface area contributed by atoms with Crippen molar-refractivity contribution in [3.8, 4) is 22.3 Å². The minimum absolute atomic E-state index is 0.225. The van der Waals surface area contributed by atoms with Gasteiger partial charge in [0.05, 0.1) is 0 Å². The molecule has 0 aliphatic carbocycles. The van der Waals surface area contributed by atoms with Crippen LogP contribution in [0.1, 0.15) is 47.1 Å². The van der Waals surface area contributed by atoms with E-state index in [1.165, 1.54) is 76.2 Å². The maximum absolute atomic E-state index is 2.48. The fourth-order valence-electron chi connectivity index (χ4n) is 6.08. The highest BCUT2D eigenvalue weighted by Gasteiger charge is 2.20. The van der Waals surface area contributed by atoms with Gasteiger partial charge in [-0.3, -0.25) is 0 Å². The second-order valence-corrected chi connectivity index (χ2v) is 12.8. The molecule has 224 valence electrons. The predicted molar refractivity (Wildman–Crippen MR) is 205 cm³/mol. The van der Waals surface area contributed by atoms with Gasteiger partial charge in [0, 0.05) is 0 Å². The van der Waals surface area contributed by atoms with E-state index in [1.807, 2.05) is 41.5 Å². The summed E-state index contributed by atoms with van der Waals surface area (Å²) in [5.41, 5.74) is 6.57. The lowest BCUT2D eigenvalue weighted by molar-refractivity contribution is 1.50. The van der Waals surface area contributed by atoms with Gasteiger partial charge in [0.15, 0.2) is 0 Å². The van der Waals surface area contributed by atoms with E-state index in [-0.39, 0.29) is 7.92 Å². The molecule has 0 amide bonds. The third-order valence-electron chi connectivity index (χ3n) is 7.89. The molecule has 0 spiro atoms. The van der Waals surface area contributed by atoms with Crippen LogP contribution < -0.4 is 5.30 Å². The van der Waals surface area contributed by atoms with Crippen LogP contribution in [0.25, 0.3) is 65.3 Å². The molecule has 0 heterocycles. The van der Waals surface area contributed by atoms with Crippen molar-refractivity contribution in [1.29, 1.82) is 0 Å². The van der Waals surface area contributed by atoms with Gasteiger partial charge in [-0.05, 0) is 97.0 Å². The lowest BCUT2D eigenvalue weighted by Gasteiger charge is -2.21. The van der Waals surface area contributed by atoms with E-state index in [0.29, 0.717) is 0 Å². The van der Waals surface area contributed by atoms with Gasteiger partial charge >= 0.3 is 0 Å². The highest BCUT2D eigenvalue weighted by Crippen LogP contribution is 2.47. The molecule has 0 fully saturated rings. The molecule has 1 heteroatoms. The Balaban J connectivity index is 0.000000696. The average Bonchev–Trinajstić information content (AvgIpc) is 3.09. The summed E-state index contributed by atoms with van der Waals surface area (Å²) in [7, 11) is -0.225. The van der Waals surface area contributed by atoms with Crippen LogP contribution in [0, 0.1) is 6.92 Å². The van der Waals surface area contributed by atoms with Crippen LogP contribution in [0.5, 0.6) is 0 Å². The monoisotopic (exact) mass is 594 g/mol. The first kappa shape index (κ1) is 32.9. The smallest absolute Gasteiger partial charge is 0.00199 e. The van der Waals surface area contributed by atoms with Crippen LogP contribution in [-0.4, -0.2) is 13.3 Å². The largest absolute Gasteiger partial charge is 0.0817 e. The molecule has 7 aromatic rings. The second-order valence-electron chi connectivity index (χ2n) is 10.5. The highest BCUT2D eigenvalue weighted by molar-refractivity contribution is 7.64. The number of fused-ring (bicyclic) bond motifs is 4. The normalized spacial score (nSPS) is 10.6. The maximum atomic E-state index is 2.48. The zero-order valence-corrected chi connectivity index (χ0v) is 28.9. The molecule has 0 aliphatic rings. The van der Waals surface area contributed by atoms with E-state index in [1.54, 1.807) is 0 Å². The first-order valence-corrected chi connectivity index (χ1v) is 18.5. The van der Waals surface area contributed by atoms with E-state index < -0.39 is 0 Å². The van der Waals surface area contributed by atoms with Crippen LogP contribution in [0.2, 0.25) is 0 Å². The minimum Gasteiger partial charge on any atom is -0.0817 e. The van der Waals surface area contributed by atoms with E-state index in [4.69, 9.17) is 0 Å². The van der Waals surface area contributed by atoms with Crippen LogP contribution in [0.15, 0.2) is 121 Å². The van der Waals surface area contributed by atoms with Crippen molar-refractivity contribution < 1.29 is 0 Å². The number of hydrogen-bond donors (Lipinski definition) is 0. The van der Waals surface area contributed by atoms with Gasteiger partial charge in [0.2, 0.25) is 0 Å². The Labute approximate surface area is 266 Å². The summed E-state index contributed by atoms with van der Waals surface area (Å²) in [5.74, 6) is 0. The molecule has 0 saturated carbocycles. The third kappa shape index (κ3) is 6.15. The first-order valence-electron chi connectivity index (χ1n) is 16.2. The summed E-state index contributed by atoms with van der Waals surface area (Å²) in [5, 5.41) is 11.9. The zero-order valence-electron chi connectivity index (χ0n) is 28.0. The molecule has 0 aromatic heterocycles. The van der Waals surface area contributed by atoms with Gasteiger partial charge in [-0.15, -0.1) is 0 Å². The van der Waals surface area contributed by atoms with Gasteiger partial charge in [-0.2, -0.15) is 0 Å². The average molecular weight is 595 g/mol. The predicted octanol–water partition coefficient (Wildman–Crippen LogP) is 13.4. The molecular weight excluding hydrogens is 547 g/mol. The highest BCUT2D eigenvalue weighted by atomic mass is 31.1. The molecular formula is C43H47P. The van der Waals surface area contributed by atoms with Crippen molar-refractivity contribution in [2.24, 2.45) is 0 Å². The molecule has 7 aromatic carbocycles. The third-order valence-corrected chi connectivity index (χ3v) is 9.20. The van der Waals surface area contributed by atoms with Crippen molar-refractivity contribution in [2.45, 2.75) is 48.5 Å². The van der Waals surface area contributed by atoms with Crippen LogP contribution >= 0.6 is 7.92 Å². The number of benzene rings is 7. The van der Waals surface area contributed by atoms with Gasteiger partial charge in [0.25, 0.3) is 0 Å². The topological polar surface area (TPSA) is 0 Å². The number of hydrogen-bond acceptors (Lipinski definition) is 0. The summed E-state index contributed by atoms with van der Waals surface area (Å²) >= 11 is 0. The maximum Gasteiger partial charge on any atom is -0.00199 e. The lowest BCUT2D eigenvalue weighted by atomic mass is 9.83. The molecule has 0 atom stereocenters. The minimum atomic E-state index is -0.225. The summed E-state index contributed by atoms with van der Waals surface area (Å²) < 4.78 is 0. The number of aryl methyl sites for hydroxylation is 1. The Bertz CT molecular complexity index is 2000. The molecule has 0 aliphatic heterocycles. The van der Waals surface area contributed by atoms with Crippen LogP contribution in [0.4, 0.5) is 0 Å². The summed E-state index contributed by atoms with van der Waals surface area (Å²) in [6.07, 6.45) is 0. The Morgan fingerprint density at radius 2 is 0.818 bits per heavy atom. The molecule has 0 nitrogen and oxygen atoms in total. The summed E-state index contributed by atoms with van der Waals surface area (Å²) in [6.45, 7) is 18.9. The van der Waals surface area contributed by atoms with Crippen molar-refractivity contribution in [3.63, 3.8) is 0 Å². The molecule has 7 rings (SSSR count). The zero-order chi connectivity index (χ0) is 31.8. The lowest BCUT2D eigenvalue weighted by Crippen LogP contribution is -2.01. The number of rotatable bonds is 3. The molecule has 0 saturated heterocycles. The standard InChI is InChI=1S/C37H29P.3C2H6/c1-24-18-20-32-34(22-24)36(30-16-8-12-25-10-4-6-14-28(25)30)33-21-19-27(38(2)3)23-35(33)37(32)31-17-9-13-26-11-5-7-15-29(26)31;3*1-2/h4-23H,1-3H3;3*1-2H3. The van der Waals surface area contributed by atoms with Crippen molar-refractivity contribution in [2.75, 3.05) is 13.3 Å². The summed E-state index contributed by atoms with van der Waals surface area (Å²) in [4.78, 5) is 0. The molecule has 0 unspecified atom stereocenters. The van der Waals surface area contributed by atoms with E-state index >= 15 is 0 Å². The Kier molecular flexibility index (Phi) is 11.3. The van der Waals surface area contributed by atoms with E-state index in [0.717, 1.165) is 0 Å². The van der Waals surface area contributed by atoms with Crippen LogP contribution in [-0.2, 0) is 0 Å². The van der Waals surface area contributed by atoms with E-state index in [9.17, 15) is 0 Å². The van der Waals surface area contributed by atoms with Crippen molar-refractivity contribution in [1.82, 2.24) is 0 Å². The van der Waals surface area contributed by atoms with Gasteiger partial charge in [-0.1, -0.05) is 170 Å². The Hall–Kier alpha value is -3.99.